The highest BCUT2D eigenvalue weighted by molar-refractivity contribution is 4.86. The first kappa shape index (κ1) is 14.9. The van der Waals surface area contributed by atoms with E-state index < -0.39 is 11.6 Å². The standard InChI is InChI=1S/C12H24O5/c1-8(15-11(2,3)13)10-9(7-14-6)16-12(4,5)17-10/h8-10,13H,7H2,1-6H3/t8-,9+,10+/m0/s1. The Hall–Kier alpha value is -0.200. The van der Waals surface area contributed by atoms with Gasteiger partial charge in [-0.3, -0.25) is 0 Å². The maximum Gasteiger partial charge on any atom is 0.164 e. The number of ether oxygens (including phenoxy) is 4. The first-order valence-electron chi connectivity index (χ1n) is 5.89. The molecule has 102 valence electrons. The van der Waals surface area contributed by atoms with Gasteiger partial charge in [0.05, 0.1) is 12.7 Å². The first-order valence-corrected chi connectivity index (χ1v) is 5.89. The van der Waals surface area contributed by atoms with E-state index in [0.717, 1.165) is 0 Å². The molecule has 0 bridgehead atoms. The van der Waals surface area contributed by atoms with Crippen LogP contribution in [0.4, 0.5) is 0 Å². The lowest BCUT2D eigenvalue weighted by atomic mass is 10.1. The van der Waals surface area contributed by atoms with E-state index >= 15 is 0 Å². The molecule has 0 aromatic carbocycles. The second-order valence-corrected chi connectivity index (χ2v) is 5.36. The number of rotatable bonds is 5. The van der Waals surface area contributed by atoms with Gasteiger partial charge in [0.1, 0.15) is 12.2 Å². The molecule has 0 amide bonds. The largest absolute Gasteiger partial charge is 0.382 e. The topological polar surface area (TPSA) is 57.2 Å². The van der Waals surface area contributed by atoms with Crippen molar-refractivity contribution in [2.24, 2.45) is 0 Å². The maximum atomic E-state index is 9.64. The summed E-state index contributed by atoms with van der Waals surface area (Å²) >= 11 is 0. The molecular formula is C12H24O5. The van der Waals surface area contributed by atoms with Crippen LogP contribution < -0.4 is 0 Å². The Bertz CT molecular complexity index is 246. The third-order valence-corrected chi connectivity index (χ3v) is 2.49. The molecule has 1 saturated heterocycles. The molecule has 0 unspecified atom stereocenters. The van der Waals surface area contributed by atoms with Gasteiger partial charge >= 0.3 is 0 Å². The predicted molar refractivity (Wildman–Crippen MR) is 62.5 cm³/mol. The molecule has 0 aliphatic carbocycles. The molecule has 0 spiro atoms. The van der Waals surface area contributed by atoms with E-state index in [0.29, 0.717) is 6.61 Å². The quantitative estimate of drug-likeness (QED) is 0.743. The van der Waals surface area contributed by atoms with Crippen LogP contribution in [0, 0.1) is 0 Å². The summed E-state index contributed by atoms with van der Waals surface area (Å²) in [5.74, 6) is -1.84. The van der Waals surface area contributed by atoms with Crippen LogP contribution in [0.3, 0.4) is 0 Å². The van der Waals surface area contributed by atoms with Crippen LogP contribution in [0.1, 0.15) is 34.6 Å². The van der Waals surface area contributed by atoms with Crippen LogP contribution in [0.2, 0.25) is 0 Å². The SMILES string of the molecule is COC[C@H]1OC(C)(C)O[C@@H]1[C@H](C)OC(C)(C)O. The molecule has 17 heavy (non-hydrogen) atoms. The minimum absolute atomic E-state index is 0.188. The Morgan fingerprint density at radius 1 is 1.35 bits per heavy atom. The second kappa shape index (κ2) is 5.20. The van der Waals surface area contributed by atoms with Gasteiger partial charge < -0.3 is 24.1 Å². The van der Waals surface area contributed by atoms with Gasteiger partial charge in [-0.2, -0.15) is 0 Å². The van der Waals surface area contributed by atoms with Crippen molar-refractivity contribution < 1.29 is 24.1 Å². The highest BCUT2D eigenvalue weighted by Crippen LogP contribution is 2.31. The van der Waals surface area contributed by atoms with Gasteiger partial charge in [0.15, 0.2) is 11.6 Å². The number of methoxy groups -OCH3 is 1. The average Bonchev–Trinajstić information content (AvgIpc) is 2.39. The molecule has 5 heteroatoms. The fraction of sp³-hybridized carbons (Fsp3) is 1.00. The van der Waals surface area contributed by atoms with Crippen molar-refractivity contribution in [2.45, 2.75) is 64.5 Å². The molecule has 0 radical (unpaired) electrons. The van der Waals surface area contributed by atoms with Crippen molar-refractivity contribution in [1.82, 2.24) is 0 Å². The van der Waals surface area contributed by atoms with Crippen molar-refractivity contribution in [1.29, 1.82) is 0 Å². The van der Waals surface area contributed by atoms with Crippen LogP contribution in [0.15, 0.2) is 0 Å². The summed E-state index contributed by atoms with van der Waals surface area (Å²) in [6, 6.07) is 0. The van der Waals surface area contributed by atoms with Gasteiger partial charge in [0, 0.05) is 7.11 Å². The van der Waals surface area contributed by atoms with Crippen molar-refractivity contribution >= 4 is 0 Å². The summed E-state index contributed by atoms with van der Waals surface area (Å²) < 4.78 is 22.1. The Morgan fingerprint density at radius 3 is 2.41 bits per heavy atom. The third kappa shape index (κ3) is 4.52. The monoisotopic (exact) mass is 248 g/mol. The van der Waals surface area contributed by atoms with E-state index in [2.05, 4.69) is 0 Å². The highest BCUT2D eigenvalue weighted by atomic mass is 16.8. The lowest BCUT2D eigenvalue weighted by molar-refractivity contribution is -0.231. The molecule has 5 nitrogen and oxygen atoms in total. The molecule has 0 saturated carbocycles. The van der Waals surface area contributed by atoms with Crippen LogP contribution in [-0.4, -0.2) is 48.7 Å². The fourth-order valence-electron chi connectivity index (χ4n) is 2.08. The van der Waals surface area contributed by atoms with E-state index in [1.807, 2.05) is 20.8 Å². The Labute approximate surface area is 103 Å². The minimum atomic E-state index is -1.19. The summed E-state index contributed by atoms with van der Waals surface area (Å²) in [5, 5.41) is 9.64. The van der Waals surface area contributed by atoms with Crippen molar-refractivity contribution in [2.75, 3.05) is 13.7 Å². The van der Waals surface area contributed by atoms with Crippen LogP contribution in [0.5, 0.6) is 0 Å². The van der Waals surface area contributed by atoms with Gasteiger partial charge in [0.2, 0.25) is 0 Å². The maximum absolute atomic E-state index is 9.64. The minimum Gasteiger partial charge on any atom is -0.382 e. The molecule has 1 aliphatic heterocycles. The zero-order valence-corrected chi connectivity index (χ0v) is 11.5. The molecule has 0 aromatic rings. The number of aliphatic hydroxyl groups is 1. The summed E-state index contributed by atoms with van der Waals surface area (Å²) in [7, 11) is 1.62. The third-order valence-electron chi connectivity index (χ3n) is 2.49. The summed E-state index contributed by atoms with van der Waals surface area (Å²) in [5.41, 5.74) is 0. The molecule has 1 N–H and O–H groups in total. The molecule has 1 fully saturated rings. The van der Waals surface area contributed by atoms with E-state index in [1.165, 1.54) is 0 Å². The lowest BCUT2D eigenvalue weighted by Gasteiger charge is -2.29. The molecule has 1 heterocycles. The zero-order valence-electron chi connectivity index (χ0n) is 11.5. The van der Waals surface area contributed by atoms with Crippen molar-refractivity contribution in [3.63, 3.8) is 0 Å². The summed E-state index contributed by atoms with van der Waals surface area (Å²) in [4.78, 5) is 0. The van der Waals surface area contributed by atoms with Crippen molar-refractivity contribution in [3.8, 4) is 0 Å². The van der Waals surface area contributed by atoms with E-state index in [1.54, 1.807) is 21.0 Å². The van der Waals surface area contributed by atoms with Crippen molar-refractivity contribution in [3.05, 3.63) is 0 Å². The Morgan fingerprint density at radius 2 is 1.94 bits per heavy atom. The zero-order chi connectivity index (χ0) is 13.3. The molecule has 1 aliphatic rings. The predicted octanol–water partition coefficient (Wildman–Crippen LogP) is 1.29. The van der Waals surface area contributed by atoms with E-state index in [-0.39, 0.29) is 18.3 Å². The van der Waals surface area contributed by atoms with E-state index in [4.69, 9.17) is 18.9 Å². The highest BCUT2D eigenvalue weighted by Gasteiger charge is 2.45. The molecule has 1 rings (SSSR count). The first-order chi connectivity index (χ1) is 7.64. The summed E-state index contributed by atoms with van der Waals surface area (Å²) in [6.45, 7) is 9.19. The Balaban J connectivity index is 2.66. The van der Waals surface area contributed by atoms with Crippen LogP contribution >= 0.6 is 0 Å². The van der Waals surface area contributed by atoms with E-state index in [9.17, 15) is 5.11 Å². The number of hydrogen-bond acceptors (Lipinski definition) is 5. The van der Waals surface area contributed by atoms with Gasteiger partial charge in [-0.25, -0.2) is 0 Å². The second-order valence-electron chi connectivity index (χ2n) is 5.36. The normalized spacial score (nSPS) is 30.5. The van der Waals surface area contributed by atoms with Crippen LogP contribution in [-0.2, 0) is 18.9 Å². The number of hydrogen-bond donors (Lipinski definition) is 1. The van der Waals surface area contributed by atoms with Gasteiger partial charge in [-0.05, 0) is 34.6 Å². The molecule has 3 atom stereocenters. The lowest BCUT2D eigenvalue weighted by Crippen LogP contribution is -2.42. The molecule has 0 aromatic heterocycles. The van der Waals surface area contributed by atoms with Gasteiger partial charge in [-0.1, -0.05) is 0 Å². The fourth-order valence-corrected chi connectivity index (χ4v) is 2.08. The average molecular weight is 248 g/mol. The Kier molecular flexibility index (Phi) is 4.54. The molecular weight excluding hydrogens is 224 g/mol. The summed E-state index contributed by atoms with van der Waals surface area (Å²) in [6.07, 6.45) is -0.722. The van der Waals surface area contributed by atoms with Gasteiger partial charge in [-0.15, -0.1) is 0 Å². The smallest absolute Gasteiger partial charge is 0.164 e. The van der Waals surface area contributed by atoms with Gasteiger partial charge in [0.25, 0.3) is 0 Å². The van der Waals surface area contributed by atoms with Crippen LogP contribution in [0.25, 0.3) is 0 Å².